The molecule has 1 atom stereocenters. The van der Waals surface area contributed by atoms with E-state index in [1.54, 1.807) is 19.3 Å². The zero-order valence-corrected chi connectivity index (χ0v) is 20.9. The second kappa shape index (κ2) is 7.89. The van der Waals surface area contributed by atoms with Crippen LogP contribution in [-0.4, -0.2) is 23.9 Å². The summed E-state index contributed by atoms with van der Waals surface area (Å²) < 4.78 is 4.61. The van der Waals surface area contributed by atoms with Crippen LogP contribution in [0.2, 0.25) is 0 Å². The number of benzene rings is 3. The van der Waals surface area contributed by atoms with Crippen LogP contribution in [0.1, 0.15) is 28.4 Å². The number of aromatic nitrogens is 3. The van der Waals surface area contributed by atoms with Crippen molar-refractivity contribution in [2.24, 2.45) is 14.1 Å². The molecular weight excluding hydrogens is 468 g/mol. The Morgan fingerprint density at radius 2 is 1.46 bits per heavy atom. The maximum atomic E-state index is 13.3. The summed E-state index contributed by atoms with van der Waals surface area (Å²) in [5, 5.41) is 21.0. The molecule has 1 aliphatic rings. The standard InChI is InChI=1S/C29H26N4O4/c1-16-12-21-22(13-17(16)2)33(19-8-6-5-7-9-19)25(18-10-11-23(34)24(35)14-18)27-26-20(15-32(21)27)28(36)31(4)29(37)30(26)3/h5-15,25,34-35H,1-4H3. The van der Waals surface area contributed by atoms with Gasteiger partial charge in [0.15, 0.2) is 11.5 Å². The third kappa shape index (κ3) is 3.15. The fourth-order valence-corrected chi connectivity index (χ4v) is 5.40. The summed E-state index contributed by atoms with van der Waals surface area (Å²) in [6.07, 6.45) is 1.80. The molecule has 8 nitrogen and oxygen atoms in total. The number of hydrogen-bond donors (Lipinski definition) is 2. The number of phenolic OH excluding ortho intramolecular Hbond substituents is 2. The number of nitrogens with zero attached hydrogens (tertiary/aromatic N) is 4. The van der Waals surface area contributed by atoms with Crippen molar-refractivity contribution in [3.63, 3.8) is 0 Å². The minimum Gasteiger partial charge on any atom is -0.504 e. The van der Waals surface area contributed by atoms with Crippen molar-refractivity contribution in [2.45, 2.75) is 19.9 Å². The number of anilines is 2. The molecule has 0 fully saturated rings. The highest BCUT2D eigenvalue weighted by molar-refractivity contribution is 5.89. The summed E-state index contributed by atoms with van der Waals surface area (Å²) in [7, 11) is 3.15. The first-order valence-electron chi connectivity index (χ1n) is 12.0. The molecule has 3 heterocycles. The predicted molar refractivity (Wildman–Crippen MR) is 143 cm³/mol. The van der Waals surface area contributed by atoms with Crippen LogP contribution in [0.4, 0.5) is 11.4 Å². The van der Waals surface area contributed by atoms with Gasteiger partial charge in [-0.05, 0) is 66.9 Å². The Kier molecular flexibility index (Phi) is 4.85. The molecule has 6 rings (SSSR count). The molecule has 2 aromatic heterocycles. The summed E-state index contributed by atoms with van der Waals surface area (Å²) in [6, 6.07) is 18.3. The Morgan fingerprint density at radius 3 is 2.14 bits per heavy atom. The SMILES string of the molecule is Cc1cc2c(cc1C)-n1cc3c(=O)n(C)c(=O)n(C)c3c1C(c1ccc(O)c(O)c1)N2c1ccccc1. The summed E-state index contributed by atoms with van der Waals surface area (Å²) >= 11 is 0. The number of aromatic hydroxyl groups is 2. The van der Waals surface area contributed by atoms with Gasteiger partial charge in [-0.2, -0.15) is 0 Å². The largest absolute Gasteiger partial charge is 0.504 e. The molecular formula is C29H26N4O4. The van der Waals surface area contributed by atoms with Gasteiger partial charge in [0.05, 0.1) is 28.0 Å². The van der Waals surface area contributed by atoms with E-state index >= 15 is 0 Å². The minimum atomic E-state index is -0.529. The molecule has 5 aromatic rings. The number of aryl methyl sites for hydroxylation is 3. The van der Waals surface area contributed by atoms with E-state index in [1.165, 1.54) is 23.7 Å². The molecule has 3 aromatic carbocycles. The summed E-state index contributed by atoms with van der Waals surface area (Å²) in [5.74, 6) is -0.470. The van der Waals surface area contributed by atoms with E-state index < -0.39 is 11.7 Å². The van der Waals surface area contributed by atoms with E-state index in [0.717, 1.165) is 38.5 Å². The summed E-state index contributed by atoms with van der Waals surface area (Å²) in [6.45, 7) is 4.10. The highest BCUT2D eigenvalue weighted by Crippen LogP contribution is 2.49. The molecule has 0 bridgehead atoms. The van der Waals surface area contributed by atoms with Crippen LogP contribution >= 0.6 is 0 Å². The molecule has 37 heavy (non-hydrogen) atoms. The molecule has 1 unspecified atom stereocenters. The van der Waals surface area contributed by atoms with Gasteiger partial charge in [-0.1, -0.05) is 24.3 Å². The molecule has 1 aliphatic heterocycles. The van der Waals surface area contributed by atoms with Crippen LogP contribution in [0.3, 0.4) is 0 Å². The molecule has 0 saturated carbocycles. The molecule has 0 amide bonds. The smallest absolute Gasteiger partial charge is 0.331 e. The van der Waals surface area contributed by atoms with Gasteiger partial charge >= 0.3 is 5.69 Å². The first-order chi connectivity index (χ1) is 17.7. The molecule has 2 N–H and O–H groups in total. The van der Waals surface area contributed by atoms with Crippen LogP contribution < -0.4 is 16.1 Å². The van der Waals surface area contributed by atoms with Crippen molar-refractivity contribution in [3.8, 4) is 17.2 Å². The van der Waals surface area contributed by atoms with Crippen molar-refractivity contribution in [2.75, 3.05) is 4.90 Å². The average molecular weight is 495 g/mol. The number of para-hydroxylation sites is 1. The molecule has 8 heteroatoms. The Labute approximate surface area is 212 Å². The first-order valence-corrected chi connectivity index (χ1v) is 12.0. The number of rotatable bonds is 2. The minimum absolute atomic E-state index is 0.223. The van der Waals surface area contributed by atoms with E-state index in [9.17, 15) is 19.8 Å². The maximum absolute atomic E-state index is 13.3. The summed E-state index contributed by atoms with van der Waals surface area (Å²) in [5.41, 5.74) is 6.05. The predicted octanol–water partition coefficient (Wildman–Crippen LogP) is 4.30. The molecule has 0 radical (unpaired) electrons. The Hall–Kier alpha value is -4.72. The zero-order chi connectivity index (χ0) is 26.2. The number of fused-ring (bicyclic) bond motifs is 5. The summed E-state index contributed by atoms with van der Waals surface area (Å²) in [4.78, 5) is 28.5. The second-order valence-electron chi connectivity index (χ2n) is 9.63. The van der Waals surface area contributed by atoms with Crippen LogP contribution in [-0.2, 0) is 14.1 Å². The lowest BCUT2D eigenvalue weighted by Gasteiger charge is -2.41. The van der Waals surface area contributed by atoms with Crippen molar-refractivity contribution in [1.29, 1.82) is 0 Å². The van der Waals surface area contributed by atoms with Crippen LogP contribution in [0.25, 0.3) is 16.6 Å². The van der Waals surface area contributed by atoms with E-state index in [0.29, 0.717) is 16.5 Å². The Balaban J connectivity index is 1.84. The molecule has 0 saturated heterocycles. The lowest BCUT2D eigenvalue weighted by molar-refractivity contribution is 0.403. The zero-order valence-electron chi connectivity index (χ0n) is 20.9. The van der Waals surface area contributed by atoms with Crippen molar-refractivity contribution >= 4 is 22.3 Å². The normalized spacial score (nSPS) is 14.6. The van der Waals surface area contributed by atoms with Gasteiger partial charge in [0, 0.05) is 26.0 Å². The quantitative estimate of drug-likeness (QED) is 0.357. The van der Waals surface area contributed by atoms with E-state index in [-0.39, 0.29) is 17.1 Å². The van der Waals surface area contributed by atoms with Gasteiger partial charge in [0.2, 0.25) is 0 Å². The lowest BCUT2D eigenvalue weighted by atomic mass is 9.94. The van der Waals surface area contributed by atoms with E-state index in [1.807, 2.05) is 41.8 Å². The van der Waals surface area contributed by atoms with Gasteiger partial charge in [0.1, 0.15) is 6.04 Å². The van der Waals surface area contributed by atoms with Gasteiger partial charge in [-0.15, -0.1) is 0 Å². The molecule has 186 valence electrons. The van der Waals surface area contributed by atoms with Gasteiger partial charge in [-0.25, -0.2) is 4.79 Å². The van der Waals surface area contributed by atoms with Crippen molar-refractivity contribution in [1.82, 2.24) is 13.7 Å². The fraction of sp³-hybridized carbons (Fsp3) is 0.172. The highest BCUT2D eigenvalue weighted by atomic mass is 16.3. The fourth-order valence-electron chi connectivity index (χ4n) is 5.40. The van der Waals surface area contributed by atoms with Gasteiger partial charge in [0.25, 0.3) is 5.56 Å². The highest BCUT2D eigenvalue weighted by Gasteiger charge is 2.37. The lowest BCUT2D eigenvalue weighted by Crippen LogP contribution is -2.37. The van der Waals surface area contributed by atoms with Crippen LogP contribution in [0.5, 0.6) is 11.5 Å². The number of phenols is 2. The van der Waals surface area contributed by atoms with E-state index in [2.05, 4.69) is 24.0 Å². The van der Waals surface area contributed by atoms with Crippen molar-refractivity contribution in [3.05, 3.63) is 110 Å². The van der Waals surface area contributed by atoms with Crippen LogP contribution in [0.15, 0.2) is 76.4 Å². The Morgan fingerprint density at radius 1 is 0.784 bits per heavy atom. The monoisotopic (exact) mass is 494 g/mol. The average Bonchev–Trinajstić information content (AvgIpc) is 3.29. The molecule has 0 spiro atoms. The van der Waals surface area contributed by atoms with Gasteiger partial charge < -0.3 is 19.7 Å². The second-order valence-corrected chi connectivity index (χ2v) is 9.63. The Bertz CT molecular complexity index is 1850. The third-order valence-corrected chi connectivity index (χ3v) is 7.44. The van der Waals surface area contributed by atoms with Gasteiger partial charge in [-0.3, -0.25) is 13.9 Å². The molecule has 0 aliphatic carbocycles. The van der Waals surface area contributed by atoms with Crippen molar-refractivity contribution < 1.29 is 10.2 Å². The first kappa shape index (κ1) is 22.7. The van der Waals surface area contributed by atoms with Crippen LogP contribution in [0, 0.1) is 13.8 Å². The third-order valence-electron chi connectivity index (χ3n) is 7.44. The number of hydrogen-bond acceptors (Lipinski definition) is 5. The van der Waals surface area contributed by atoms with E-state index in [4.69, 9.17) is 0 Å². The topological polar surface area (TPSA) is 92.6 Å². The maximum Gasteiger partial charge on any atom is 0.331 e.